The molecule has 0 bridgehead atoms. The van der Waals surface area contributed by atoms with Gasteiger partial charge in [0.25, 0.3) is 5.91 Å². The van der Waals surface area contributed by atoms with Crippen molar-refractivity contribution >= 4 is 17.7 Å². The quantitative estimate of drug-likeness (QED) is 0.856. The maximum absolute atomic E-state index is 12.6. The van der Waals surface area contributed by atoms with Crippen LogP contribution in [0.4, 0.5) is 0 Å². The number of aryl methyl sites for hydroxylation is 2. The summed E-state index contributed by atoms with van der Waals surface area (Å²) in [5, 5.41) is 0. The summed E-state index contributed by atoms with van der Waals surface area (Å²) < 4.78 is 11.6. The highest BCUT2D eigenvalue weighted by Gasteiger charge is 2.51. The minimum Gasteiger partial charge on any atom is -0.473 e. The summed E-state index contributed by atoms with van der Waals surface area (Å²) in [6.07, 6.45) is 2.87. The van der Waals surface area contributed by atoms with Crippen LogP contribution in [-0.4, -0.2) is 45.5 Å². The van der Waals surface area contributed by atoms with Gasteiger partial charge in [-0.1, -0.05) is 6.07 Å². The molecule has 1 spiro atoms. The van der Waals surface area contributed by atoms with E-state index in [1.165, 1.54) is 0 Å². The average Bonchev–Trinajstić information content (AvgIpc) is 3.10. The van der Waals surface area contributed by atoms with E-state index in [1.807, 2.05) is 54.8 Å². The molecule has 0 radical (unpaired) electrons. The molecule has 5 nitrogen and oxygen atoms in total. The molecule has 6 heteroatoms. The van der Waals surface area contributed by atoms with Gasteiger partial charge in [-0.15, -0.1) is 11.8 Å². The van der Waals surface area contributed by atoms with E-state index in [4.69, 9.17) is 9.15 Å². The van der Waals surface area contributed by atoms with Crippen LogP contribution in [0.1, 0.15) is 28.3 Å². The highest BCUT2D eigenvalue weighted by molar-refractivity contribution is 8.01. The number of hydrogen-bond donors (Lipinski definition) is 0. The predicted molar refractivity (Wildman–Crippen MR) is 92.5 cm³/mol. The fourth-order valence-corrected chi connectivity index (χ4v) is 5.02. The van der Waals surface area contributed by atoms with Crippen LogP contribution >= 0.6 is 11.8 Å². The van der Waals surface area contributed by atoms with Crippen LogP contribution in [0.2, 0.25) is 0 Å². The van der Waals surface area contributed by atoms with E-state index in [0.29, 0.717) is 17.2 Å². The van der Waals surface area contributed by atoms with E-state index in [-0.39, 0.29) is 16.8 Å². The van der Waals surface area contributed by atoms with Crippen LogP contribution < -0.4 is 4.74 Å². The second kappa shape index (κ2) is 5.84. The Balaban J connectivity index is 1.35. The molecule has 24 heavy (non-hydrogen) atoms. The fraction of sp³-hybridized carbons (Fsp3) is 0.444. The van der Waals surface area contributed by atoms with Crippen LogP contribution in [-0.2, 0) is 0 Å². The van der Waals surface area contributed by atoms with Crippen molar-refractivity contribution in [2.45, 2.75) is 31.1 Å². The van der Waals surface area contributed by atoms with Crippen molar-refractivity contribution in [2.24, 2.45) is 0 Å². The average molecular weight is 344 g/mol. The van der Waals surface area contributed by atoms with Gasteiger partial charge in [0.15, 0.2) is 0 Å². The van der Waals surface area contributed by atoms with E-state index < -0.39 is 0 Å². The second-order valence-corrected chi connectivity index (χ2v) is 8.08. The van der Waals surface area contributed by atoms with Gasteiger partial charge < -0.3 is 14.1 Å². The summed E-state index contributed by atoms with van der Waals surface area (Å²) in [5.74, 6) is 3.18. The van der Waals surface area contributed by atoms with E-state index >= 15 is 0 Å². The summed E-state index contributed by atoms with van der Waals surface area (Å²) in [6, 6.07) is 7.53. The molecule has 0 N–H and O–H groups in total. The first-order valence-electron chi connectivity index (χ1n) is 8.13. The summed E-state index contributed by atoms with van der Waals surface area (Å²) >= 11 is 1.91. The van der Waals surface area contributed by atoms with Crippen molar-refractivity contribution in [1.82, 2.24) is 9.88 Å². The number of carbonyl (C=O) groups excluding carboxylic acids is 1. The number of pyridine rings is 1. The molecule has 2 saturated heterocycles. The van der Waals surface area contributed by atoms with Crippen LogP contribution in [0, 0.1) is 13.8 Å². The first kappa shape index (κ1) is 15.6. The molecular formula is C18H20N2O3S. The molecule has 0 unspecified atom stereocenters. The van der Waals surface area contributed by atoms with Crippen molar-refractivity contribution in [2.75, 3.05) is 18.8 Å². The SMILES string of the molecule is Cc1cc(C(=O)N2CC3(C[C@H](Oc4ccccn4)CS3)C2)c(C)o1. The van der Waals surface area contributed by atoms with Gasteiger partial charge in [0, 0.05) is 37.5 Å². The number of hydrogen-bond acceptors (Lipinski definition) is 5. The summed E-state index contributed by atoms with van der Waals surface area (Å²) in [4.78, 5) is 18.7. The molecule has 4 heterocycles. The number of thioether (sulfide) groups is 1. The first-order valence-corrected chi connectivity index (χ1v) is 9.11. The number of aromatic nitrogens is 1. The maximum atomic E-state index is 12.6. The molecule has 1 amide bonds. The van der Waals surface area contributed by atoms with E-state index in [2.05, 4.69) is 4.98 Å². The number of amides is 1. The Labute approximate surface area is 145 Å². The molecule has 2 aromatic heterocycles. The Kier molecular flexibility index (Phi) is 3.79. The van der Waals surface area contributed by atoms with Gasteiger partial charge in [0.1, 0.15) is 17.6 Å². The van der Waals surface area contributed by atoms with Gasteiger partial charge in [0.2, 0.25) is 5.88 Å². The molecule has 0 aromatic carbocycles. The van der Waals surface area contributed by atoms with Gasteiger partial charge >= 0.3 is 0 Å². The fourth-order valence-electron chi connectivity index (χ4n) is 3.49. The zero-order valence-corrected chi connectivity index (χ0v) is 14.6. The zero-order valence-electron chi connectivity index (χ0n) is 13.8. The van der Waals surface area contributed by atoms with Crippen LogP contribution in [0.5, 0.6) is 5.88 Å². The Morgan fingerprint density at radius 2 is 2.25 bits per heavy atom. The molecule has 2 aliphatic rings. The molecular weight excluding hydrogens is 324 g/mol. The third-order valence-corrected chi connectivity index (χ3v) is 6.19. The van der Waals surface area contributed by atoms with Crippen molar-refractivity contribution < 1.29 is 13.9 Å². The highest BCUT2D eigenvalue weighted by Crippen LogP contribution is 2.46. The Hall–Kier alpha value is -1.95. The molecule has 1 atom stereocenters. The number of carbonyl (C=O) groups is 1. The lowest BCUT2D eigenvalue weighted by Crippen LogP contribution is -2.60. The standard InChI is InChI=1S/C18H20N2O3S/c1-12-7-15(13(2)22-12)17(21)20-10-18(11-20)8-14(9-24-18)23-16-5-3-4-6-19-16/h3-7,14H,8-11H2,1-2H3/t14-/m0/s1. The predicted octanol–water partition coefficient (Wildman–Crippen LogP) is 3.07. The molecule has 126 valence electrons. The number of furan rings is 1. The molecule has 2 aliphatic heterocycles. The van der Waals surface area contributed by atoms with Gasteiger partial charge in [-0.3, -0.25) is 4.79 Å². The van der Waals surface area contributed by atoms with Gasteiger partial charge in [0.05, 0.1) is 10.3 Å². The van der Waals surface area contributed by atoms with Crippen molar-refractivity contribution in [1.29, 1.82) is 0 Å². The molecule has 2 fully saturated rings. The summed E-state index contributed by atoms with van der Waals surface area (Å²) in [6.45, 7) is 5.27. The molecule has 0 saturated carbocycles. The lowest BCUT2D eigenvalue weighted by atomic mass is 9.92. The van der Waals surface area contributed by atoms with Crippen LogP contribution in [0.3, 0.4) is 0 Å². The second-order valence-electron chi connectivity index (χ2n) is 6.59. The summed E-state index contributed by atoms with van der Waals surface area (Å²) in [7, 11) is 0. The number of rotatable bonds is 3. The Bertz CT molecular complexity index is 753. The largest absolute Gasteiger partial charge is 0.473 e. The smallest absolute Gasteiger partial charge is 0.257 e. The topological polar surface area (TPSA) is 55.6 Å². The lowest BCUT2D eigenvalue weighted by Gasteiger charge is -2.47. The van der Waals surface area contributed by atoms with Gasteiger partial charge in [-0.2, -0.15) is 0 Å². The van der Waals surface area contributed by atoms with E-state index in [0.717, 1.165) is 31.0 Å². The minimum absolute atomic E-state index is 0.0738. The number of ether oxygens (including phenoxy) is 1. The Morgan fingerprint density at radius 3 is 2.92 bits per heavy atom. The van der Waals surface area contributed by atoms with Crippen molar-refractivity contribution in [3.05, 3.63) is 47.5 Å². The van der Waals surface area contributed by atoms with Crippen molar-refractivity contribution in [3.63, 3.8) is 0 Å². The van der Waals surface area contributed by atoms with Gasteiger partial charge in [-0.05, 0) is 26.0 Å². The van der Waals surface area contributed by atoms with Crippen LogP contribution in [0.15, 0.2) is 34.9 Å². The normalized spacial score (nSPS) is 21.8. The van der Waals surface area contributed by atoms with Gasteiger partial charge in [-0.25, -0.2) is 4.98 Å². The van der Waals surface area contributed by atoms with E-state index in [9.17, 15) is 4.79 Å². The van der Waals surface area contributed by atoms with Crippen LogP contribution in [0.25, 0.3) is 0 Å². The maximum Gasteiger partial charge on any atom is 0.257 e. The highest BCUT2D eigenvalue weighted by atomic mass is 32.2. The number of likely N-dealkylation sites (tertiary alicyclic amines) is 1. The third-order valence-electron chi connectivity index (χ3n) is 4.62. The van der Waals surface area contributed by atoms with E-state index in [1.54, 1.807) is 6.20 Å². The lowest BCUT2D eigenvalue weighted by molar-refractivity contribution is 0.0514. The number of nitrogens with zero attached hydrogens (tertiary/aromatic N) is 2. The van der Waals surface area contributed by atoms with Crippen molar-refractivity contribution in [3.8, 4) is 5.88 Å². The zero-order chi connectivity index (χ0) is 16.7. The Morgan fingerprint density at radius 1 is 1.42 bits per heavy atom. The first-order chi connectivity index (χ1) is 11.5. The summed E-state index contributed by atoms with van der Waals surface area (Å²) in [5.41, 5.74) is 0.687. The minimum atomic E-state index is 0.0738. The molecule has 0 aliphatic carbocycles. The monoisotopic (exact) mass is 344 g/mol. The molecule has 4 rings (SSSR count). The molecule has 2 aromatic rings. The third kappa shape index (κ3) is 2.79.